The number of hydrogen-bond acceptors (Lipinski definition) is 4. The molecule has 3 N–H and O–H groups in total. The first kappa shape index (κ1) is 19.6. The van der Waals surface area contributed by atoms with Gasteiger partial charge in [-0.2, -0.15) is 0 Å². The van der Waals surface area contributed by atoms with Gasteiger partial charge in [-0.05, 0) is 73.1 Å². The molecule has 0 saturated heterocycles. The molecule has 3 aromatic carbocycles. The maximum absolute atomic E-state index is 10.0. The van der Waals surface area contributed by atoms with Crippen LogP contribution >= 0.6 is 0 Å². The van der Waals surface area contributed by atoms with Crippen LogP contribution in [-0.2, 0) is 0 Å². The first-order valence-electron chi connectivity index (χ1n) is 9.80. The van der Waals surface area contributed by atoms with E-state index in [0.29, 0.717) is 6.54 Å². The third-order valence-corrected chi connectivity index (χ3v) is 5.15. The highest BCUT2D eigenvalue weighted by atomic mass is 16.5. The second-order valence-corrected chi connectivity index (χ2v) is 7.22. The summed E-state index contributed by atoms with van der Waals surface area (Å²) >= 11 is 0. The zero-order chi connectivity index (χ0) is 21.1. The Kier molecular flexibility index (Phi) is 5.47. The molecular formula is C26H23NO3. The summed E-state index contributed by atoms with van der Waals surface area (Å²) in [5, 5.41) is 23.0. The lowest BCUT2D eigenvalue weighted by Gasteiger charge is -2.31. The Morgan fingerprint density at radius 3 is 2.47 bits per heavy atom. The second-order valence-electron chi connectivity index (χ2n) is 7.22. The van der Waals surface area contributed by atoms with Gasteiger partial charge in [0.1, 0.15) is 23.4 Å². The molecule has 1 heterocycles. The van der Waals surface area contributed by atoms with Gasteiger partial charge >= 0.3 is 0 Å². The average molecular weight is 397 g/mol. The van der Waals surface area contributed by atoms with Crippen LogP contribution in [0, 0.1) is 11.8 Å². The Hall–Kier alpha value is -3.68. The zero-order valence-corrected chi connectivity index (χ0v) is 16.9. The van der Waals surface area contributed by atoms with E-state index >= 15 is 0 Å². The van der Waals surface area contributed by atoms with Crippen molar-refractivity contribution in [2.24, 2.45) is 0 Å². The van der Waals surface area contributed by atoms with Gasteiger partial charge in [0, 0.05) is 16.7 Å². The van der Waals surface area contributed by atoms with Crippen molar-refractivity contribution in [3.63, 3.8) is 0 Å². The van der Waals surface area contributed by atoms with Gasteiger partial charge in [-0.15, -0.1) is 0 Å². The van der Waals surface area contributed by atoms with Crippen LogP contribution in [0.4, 0.5) is 0 Å². The van der Waals surface area contributed by atoms with Crippen molar-refractivity contribution < 1.29 is 14.9 Å². The van der Waals surface area contributed by atoms with Crippen molar-refractivity contribution in [2.45, 2.75) is 13.0 Å². The van der Waals surface area contributed by atoms with Crippen molar-refractivity contribution in [2.75, 3.05) is 13.6 Å². The van der Waals surface area contributed by atoms with Crippen molar-refractivity contribution >= 4 is 11.1 Å². The average Bonchev–Trinajstić information content (AvgIpc) is 2.75. The second kappa shape index (κ2) is 8.36. The first-order valence-corrected chi connectivity index (χ1v) is 9.80. The van der Waals surface area contributed by atoms with E-state index in [1.165, 1.54) is 0 Å². The highest BCUT2D eigenvalue weighted by molar-refractivity contribution is 5.95. The predicted molar refractivity (Wildman–Crippen MR) is 119 cm³/mol. The van der Waals surface area contributed by atoms with Gasteiger partial charge in [-0.3, -0.25) is 0 Å². The number of aromatic hydroxyl groups is 2. The number of benzene rings is 3. The number of phenolic OH excluding ortho intramolecular Hbond substituents is 2. The minimum absolute atomic E-state index is 0.190. The predicted octanol–water partition coefficient (Wildman–Crippen LogP) is 4.73. The van der Waals surface area contributed by atoms with Crippen LogP contribution in [0.25, 0.3) is 11.1 Å². The topological polar surface area (TPSA) is 61.7 Å². The summed E-state index contributed by atoms with van der Waals surface area (Å²) in [6.07, 6.45) is -0.344. The lowest BCUT2D eigenvalue weighted by atomic mass is 9.86. The highest BCUT2D eigenvalue weighted by Gasteiger charge is 2.29. The van der Waals surface area contributed by atoms with Crippen molar-refractivity contribution in [3.8, 4) is 29.1 Å². The molecule has 4 rings (SSSR count). The third kappa shape index (κ3) is 3.89. The monoisotopic (exact) mass is 397 g/mol. The van der Waals surface area contributed by atoms with Crippen LogP contribution in [0.5, 0.6) is 17.2 Å². The Morgan fingerprint density at radius 1 is 0.967 bits per heavy atom. The van der Waals surface area contributed by atoms with E-state index in [2.05, 4.69) is 17.2 Å². The molecule has 0 saturated carbocycles. The van der Waals surface area contributed by atoms with Crippen molar-refractivity contribution in [1.29, 1.82) is 0 Å². The number of allylic oxidation sites excluding steroid dienone is 1. The molecule has 3 aromatic rings. The summed E-state index contributed by atoms with van der Waals surface area (Å²) in [5.41, 5.74) is 5.61. The van der Waals surface area contributed by atoms with Crippen molar-refractivity contribution in [3.05, 3.63) is 89.0 Å². The molecular weight excluding hydrogens is 374 g/mol. The smallest absolute Gasteiger partial charge is 0.150 e. The lowest BCUT2D eigenvalue weighted by molar-refractivity contribution is 0.259. The molecule has 0 spiro atoms. The molecule has 1 atom stereocenters. The Balaban J connectivity index is 1.81. The summed E-state index contributed by atoms with van der Waals surface area (Å²) in [4.78, 5) is 0. The molecule has 1 aliphatic rings. The third-order valence-electron chi connectivity index (χ3n) is 5.15. The number of rotatable bonds is 3. The zero-order valence-electron chi connectivity index (χ0n) is 16.9. The molecule has 0 aliphatic carbocycles. The van der Waals surface area contributed by atoms with Gasteiger partial charge < -0.3 is 20.3 Å². The summed E-state index contributed by atoms with van der Waals surface area (Å²) in [6, 6.07) is 20.3. The SMILES string of the molecule is CNCC#Cc1ccc(C2Oc3ccc(O)cc3C(C)=C2c2cccc(O)c2)cc1. The van der Waals surface area contributed by atoms with E-state index in [1.54, 1.807) is 30.3 Å². The van der Waals surface area contributed by atoms with E-state index in [0.717, 1.165) is 39.1 Å². The van der Waals surface area contributed by atoms with E-state index in [1.807, 2.05) is 50.4 Å². The number of phenols is 2. The minimum Gasteiger partial charge on any atom is -0.508 e. The number of fused-ring (bicyclic) bond motifs is 1. The molecule has 1 aliphatic heterocycles. The van der Waals surface area contributed by atoms with Crippen LogP contribution < -0.4 is 10.1 Å². The highest BCUT2D eigenvalue weighted by Crippen LogP contribution is 2.47. The fraction of sp³-hybridized carbons (Fsp3) is 0.154. The Bertz CT molecular complexity index is 1170. The molecule has 0 bridgehead atoms. The Labute approximate surface area is 176 Å². The maximum atomic E-state index is 10.0. The lowest BCUT2D eigenvalue weighted by Crippen LogP contribution is -2.16. The summed E-state index contributed by atoms with van der Waals surface area (Å²) in [7, 11) is 1.87. The Morgan fingerprint density at radius 2 is 1.73 bits per heavy atom. The standard InChI is InChI=1S/C26H23NO3/c1-17-23-16-22(29)12-13-24(23)30-26(25(17)20-6-3-7-21(28)15-20)19-10-8-18(9-11-19)5-4-14-27-2/h3,6-13,15-16,26-29H,14H2,1-2H3. The van der Waals surface area contributed by atoms with Crippen LogP contribution in [0.2, 0.25) is 0 Å². The molecule has 30 heavy (non-hydrogen) atoms. The molecule has 4 heteroatoms. The summed E-state index contributed by atoms with van der Waals surface area (Å²) in [5.74, 6) is 7.30. The van der Waals surface area contributed by atoms with Crippen LogP contribution in [0.1, 0.15) is 35.3 Å². The van der Waals surface area contributed by atoms with Gasteiger partial charge in [0.15, 0.2) is 0 Å². The maximum Gasteiger partial charge on any atom is 0.150 e. The number of ether oxygens (including phenoxy) is 1. The van der Waals surface area contributed by atoms with Gasteiger partial charge in [0.2, 0.25) is 0 Å². The molecule has 0 aromatic heterocycles. The summed E-state index contributed by atoms with van der Waals surface area (Å²) in [6.45, 7) is 2.66. The van der Waals surface area contributed by atoms with Crippen LogP contribution in [0.15, 0.2) is 66.7 Å². The quantitative estimate of drug-likeness (QED) is 0.559. The van der Waals surface area contributed by atoms with Gasteiger partial charge in [-0.1, -0.05) is 36.1 Å². The molecule has 0 amide bonds. The molecule has 150 valence electrons. The van der Waals surface area contributed by atoms with Gasteiger partial charge in [0.25, 0.3) is 0 Å². The fourth-order valence-corrected chi connectivity index (χ4v) is 3.69. The molecule has 0 radical (unpaired) electrons. The molecule has 4 nitrogen and oxygen atoms in total. The summed E-state index contributed by atoms with van der Waals surface area (Å²) < 4.78 is 6.39. The number of nitrogens with one attached hydrogen (secondary N) is 1. The number of hydrogen-bond donors (Lipinski definition) is 3. The van der Waals surface area contributed by atoms with E-state index in [9.17, 15) is 10.2 Å². The first-order chi connectivity index (χ1) is 14.6. The largest absolute Gasteiger partial charge is 0.508 e. The molecule has 1 unspecified atom stereocenters. The van der Waals surface area contributed by atoms with E-state index in [-0.39, 0.29) is 17.6 Å². The van der Waals surface area contributed by atoms with Crippen LogP contribution in [0.3, 0.4) is 0 Å². The fourth-order valence-electron chi connectivity index (χ4n) is 3.69. The normalized spacial score (nSPS) is 15.1. The van der Waals surface area contributed by atoms with Gasteiger partial charge in [0.05, 0.1) is 6.54 Å². The van der Waals surface area contributed by atoms with E-state index in [4.69, 9.17) is 4.74 Å². The van der Waals surface area contributed by atoms with E-state index < -0.39 is 0 Å². The van der Waals surface area contributed by atoms with Crippen LogP contribution in [-0.4, -0.2) is 23.8 Å². The minimum atomic E-state index is -0.344. The van der Waals surface area contributed by atoms with Crippen molar-refractivity contribution in [1.82, 2.24) is 5.32 Å². The molecule has 0 fully saturated rings. The van der Waals surface area contributed by atoms with Gasteiger partial charge in [-0.25, -0.2) is 0 Å².